The Hall–Kier alpha value is -8.70. The van der Waals surface area contributed by atoms with E-state index in [0.717, 1.165) is 56.8 Å². The summed E-state index contributed by atoms with van der Waals surface area (Å²) >= 11 is 0. The number of aromatic nitrogens is 5. The Balaban J connectivity index is 0.988. The number of ether oxygens (including phenoxy) is 4. The number of fused-ring (bicyclic) bond motifs is 5. The van der Waals surface area contributed by atoms with Gasteiger partial charge >= 0.3 is 0 Å². The number of para-hydroxylation sites is 4. The minimum Gasteiger partial charge on any atom is -0.457 e. The van der Waals surface area contributed by atoms with Crippen LogP contribution >= 0.6 is 0 Å². The van der Waals surface area contributed by atoms with Crippen molar-refractivity contribution in [2.45, 2.75) is 13.8 Å². The molecule has 0 N–H and O–H groups in total. The Morgan fingerprint density at radius 2 is 0.877 bits per heavy atom. The molecule has 0 aliphatic carbocycles. The van der Waals surface area contributed by atoms with Gasteiger partial charge in [0, 0.05) is 66.1 Å². The number of nitrogens with zero attached hydrogens (tertiary/aromatic N) is 7. The molecule has 11 nitrogen and oxygen atoms in total. The number of rotatable bonds is 12. The molecule has 0 radical (unpaired) electrons. The van der Waals surface area contributed by atoms with Gasteiger partial charge in [0.1, 0.15) is 34.5 Å². The molecule has 0 bridgehead atoms. The van der Waals surface area contributed by atoms with Gasteiger partial charge in [-0.2, -0.15) is 0 Å². The van der Waals surface area contributed by atoms with Gasteiger partial charge in [0.25, 0.3) is 0 Å². The lowest BCUT2D eigenvalue weighted by Crippen LogP contribution is -2.30. The summed E-state index contributed by atoms with van der Waals surface area (Å²) in [5, 5.41) is 1.99. The Kier molecular flexibility index (Phi) is 10.2. The van der Waals surface area contributed by atoms with E-state index in [1.165, 1.54) is 0 Å². The highest BCUT2D eigenvalue weighted by Gasteiger charge is 2.30. The van der Waals surface area contributed by atoms with Crippen LogP contribution in [0.3, 0.4) is 0 Å². The molecule has 0 saturated heterocycles. The molecule has 316 valence electrons. The second kappa shape index (κ2) is 16.9. The standard InChI is InChI=1S/C54H41N7O4/c1-36(2)35-59-46-17-3-5-19-48(46)60(49-20-6-4-18-47(49)59)37-33-57-54(58-34-37)61-50-31-42(62-38-13-11-15-40(29-38)64-52-21-7-9-27-55-52)23-25-44(50)45-26-24-43(32-51(45)61)63-39-14-12-16-41(30-39)65-53-22-8-10-28-56-53/h3-34,36H,35H2,1-2H3. The van der Waals surface area contributed by atoms with E-state index in [-0.39, 0.29) is 0 Å². The van der Waals surface area contributed by atoms with Crippen molar-refractivity contribution in [1.82, 2.24) is 24.5 Å². The first-order valence-electron chi connectivity index (χ1n) is 21.4. The minimum atomic E-state index is 0.459. The average Bonchev–Trinajstić information content (AvgIpc) is 3.65. The van der Waals surface area contributed by atoms with Crippen LogP contribution in [-0.2, 0) is 0 Å². The highest BCUT2D eigenvalue weighted by Crippen LogP contribution is 2.51. The fraction of sp³-hybridized carbons (Fsp3) is 0.0741. The van der Waals surface area contributed by atoms with Crippen LogP contribution in [-0.4, -0.2) is 31.0 Å². The van der Waals surface area contributed by atoms with Crippen LogP contribution in [0.5, 0.6) is 46.3 Å². The van der Waals surface area contributed by atoms with Crippen LogP contribution in [0.15, 0.2) is 195 Å². The molecular weight excluding hydrogens is 811 g/mol. The van der Waals surface area contributed by atoms with E-state index in [9.17, 15) is 0 Å². The number of anilines is 5. The van der Waals surface area contributed by atoms with Crippen molar-refractivity contribution < 1.29 is 18.9 Å². The maximum atomic E-state index is 6.50. The Labute approximate surface area is 375 Å². The monoisotopic (exact) mass is 851 g/mol. The van der Waals surface area contributed by atoms with Crippen LogP contribution in [0.2, 0.25) is 0 Å². The number of hydrogen-bond donors (Lipinski definition) is 0. The summed E-state index contributed by atoms with van der Waals surface area (Å²) in [5.41, 5.74) is 6.94. The average molecular weight is 852 g/mol. The van der Waals surface area contributed by atoms with E-state index in [2.05, 4.69) is 98.8 Å². The first-order chi connectivity index (χ1) is 32.0. The molecule has 6 aromatic carbocycles. The Bertz CT molecular complexity index is 3110. The van der Waals surface area contributed by atoms with Crippen LogP contribution in [0, 0.1) is 5.92 Å². The van der Waals surface area contributed by atoms with Crippen LogP contribution < -0.4 is 28.7 Å². The second-order valence-electron chi connectivity index (χ2n) is 15.9. The van der Waals surface area contributed by atoms with E-state index < -0.39 is 0 Å². The van der Waals surface area contributed by atoms with Crippen molar-refractivity contribution in [2.24, 2.45) is 5.92 Å². The first kappa shape index (κ1) is 39.2. The molecule has 0 amide bonds. The smallest absolute Gasteiger partial charge is 0.234 e. The molecule has 1 aliphatic rings. The van der Waals surface area contributed by atoms with Crippen LogP contribution in [0.4, 0.5) is 28.4 Å². The van der Waals surface area contributed by atoms with Crippen molar-refractivity contribution in [3.63, 3.8) is 0 Å². The summed E-state index contributed by atoms with van der Waals surface area (Å²) in [6.07, 6.45) is 7.18. The van der Waals surface area contributed by atoms with Gasteiger partial charge in [0.15, 0.2) is 0 Å². The highest BCUT2D eigenvalue weighted by atomic mass is 16.5. The van der Waals surface area contributed by atoms with Crippen molar-refractivity contribution in [3.8, 4) is 52.2 Å². The predicted molar refractivity (Wildman–Crippen MR) is 255 cm³/mol. The molecule has 11 rings (SSSR count). The summed E-state index contributed by atoms with van der Waals surface area (Å²) < 4.78 is 27.1. The van der Waals surface area contributed by atoms with Crippen LogP contribution in [0.1, 0.15) is 13.8 Å². The number of pyridine rings is 2. The van der Waals surface area contributed by atoms with E-state index in [4.69, 9.17) is 28.9 Å². The molecule has 4 aromatic heterocycles. The summed E-state index contributed by atoms with van der Waals surface area (Å²) in [4.78, 5) is 23.5. The third-order valence-corrected chi connectivity index (χ3v) is 11.0. The zero-order valence-electron chi connectivity index (χ0n) is 35.5. The maximum absolute atomic E-state index is 6.50. The summed E-state index contributed by atoms with van der Waals surface area (Å²) in [5.74, 6) is 5.63. The first-order valence-corrected chi connectivity index (χ1v) is 21.4. The Morgan fingerprint density at radius 1 is 0.431 bits per heavy atom. The number of benzene rings is 6. The van der Waals surface area contributed by atoms with Crippen LogP contribution in [0.25, 0.3) is 27.8 Å². The van der Waals surface area contributed by atoms with Gasteiger partial charge in [-0.15, -0.1) is 0 Å². The van der Waals surface area contributed by atoms with Gasteiger partial charge < -0.3 is 28.7 Å². The van der Waals surface area contributed by atoms with Crippen molar-refractivity contribution in [2.75, 3.05) is 16.3 Å². The van der Waals surface area contributed by atoms with E-state index >= 15 is 0 Å². The van der Waals surface area contributed by atoms with E-state index in [1.54, 1.807) is 12.4 Å². The lowest BCUT2D eigenvalue weighted by atomic mass is 10.0. The third-order valence-electron chi connectivity index (χ3n) is 11.0. The largest absolute Gasteiger partial charge is 0.457 e. The van der Waals surface area contributed by atoms with Gasteiger partial charge in [-0.3, -0.25) is 4.57 Å². The zero-order valence-corrected chi connectivity index (χ0v) is 35.5. The lowest BCUT2D eigenvalue weighted by molar-refractivity contribution is 0.448. The van der Waals surface area contributed by atoms with Gasteiger partial charge in [-0.1, -0.05) is 62.4 Å². The Morgan fingerprint density at radius 3 is 1.34 bits per heavy atom. The molecule has 5 heterocycles. The molecule has 10 aromatic rings. The van der Waals surface area contributed by atoms with Gasteiger partial charge in [-0.05, 0) is 90.8 Å². The quantitative estimate of drug-likeness (QED) is 0.118. The van der Waals surface area contributed by atoms with Gasteiger partial charge in [0.05, 0.1) is 51.9 Å². The van der Waals surface area contributed by atoms with Crippen molar-refractivity contribution in [3.05, 3.63) is 195 Å². The normalized spacial score (nSPS) is 12.0. The lowest BCUT2D eigenvalue weighted by Gasteiger charge is -2.40. The molecule has 0 spiro atoms. The topological polar surface area (TPSA) is 99.9 Å². The molecule has 65 heavy (non-hydrogen) atoms. The SMILES string of the molecule is CC(C)CN1c2ccccc2N(c2cnc(-n3c4cc(Oc5cccc(Oc6ccccn6)c5)ccc4c4ccc(Oc5cccc(Oc6ccccn6)c5)cc43)nc2)c2ccccc21. The van der Waals surface area contributed by atoms with Gasteiger partial charge in [0.2, 0.25) is 17.7 Å². The summed E-state index contributed by atoms with van der Waals surface area (Å²) in [6, 6.07) is 55.2. The molecule has 0 atom stereocenters. The molecule has 0 unspecified atom stereocenters. The second-order valence-corrected chi connectivity index (χ2v) is 15.9. The fourth-order valence-electron chi connectivity index (χ4n) is 8.26. The fourth-order valence-corrected chi connectivity index (χ4v) is 8.26. The van der Waals surface area contributed by atoms with E-state index in [1.807, 2.05) is 122 Å². The zero-order chi connectivity index (χ0) is 43.7. The van der Waals surface area contributed by atoms with Crippen molar-refractivity contribution in [1.29, 1.82) is 0 Å². The highest BCUT2D eigenvalue weighted by molar-refractivity contribution is 6.10. The van der Waals surface area contributed by atoms with E-state index in [0.29, 0.717) is 58.1 Å². The minimum absolute atomic E-state index is 0.459. The summed E-state index contributed by atoms with van der Waals surface area (Å²) in [6.45, 7) is 5.38. The molecule has 0 saturated carbocycles. The maximum Gasteiger partial charge on any atom is 0.234 e. The third kappa shape index (κ3) is 7.87. The molecular formula is C54H41N7O4. The van der Waals surface area contributed by atoms with Crippen molar-refractivity contribution >= 4 is 50.2 Å². The van der Waals surface area contributed by atoms with Gasteiger partial charge in [-0.25, -0.2) is 19.9 Å². The molecule has 0 fully saturated rings. The molecule has 11 heteroatoms. The molecule has 1 aliphatic heterocycles. The predicted octanol–water partition coefficient (Wildman–Crippen LogP) is 14.1. The summed E-state index contributed by atoms with van der Waals surface area (Å²) in [7, 11) is 0. The number of hydrogen-bond acceptors (Lipinski definition) is 10.